The van der Waals surface area contributed by atoms with Crippen LogP contribution < -0.4 is 0 Å². The fraction of sp³-hybridized carbons (Fsp3) is 0.273. The quantitative estimate of drug-likeness (QED) is 0.434. The Hall–Kier alpha value is -2.34. The number of Topliss-reactive ketones (excluding diaryl/α,β-unsaturated/α-hetero) is 1. The molecule has 1 fully saturated rings. The van der Waals surface area contributed by atoms with Crippen molar-refractivity contribution < 1.29 is 14.7 Å². The maximum Gasteiger partial charge on any atom is 0.295 e. The highest BCUT2D eigenvalue weighted by atomic mass is 35.5. The number of hydrogen-bond acceptors (Lipinski definition) is 4. The third-order valence-electron chi connectivity index (χ3n) is 4.91. The van der Waals surface area contributed by atoms with Crippen molar-refractivity contribution in [1.29, 1.82) is 0 Å². The van der Waals surface area contributed by atoms with E-state index in [1.807, 2.05) is 38.1 Å². The lowest BCUT2D eigenvalue weighted by Gasteiger charge is -2.26. The van der Waals surface area contributed by atoms with E-state index in [2.05, 4.69) is 0 Å². The van der Waals surface area contributed by atoms with Crippen LogP contribution in [-0.2, 0) is 9.59 Å². The molecule has 1 aliphatic heterocycles. The number of aryl methyl sites for hydroxylation is 1. The third-order valence-corrected chi connectivity index (χ3v) is 5.65. The second-order valence-electron chi connectivity index (χ2n) is 7.34. The summed E-state index contributed by atoms with van der Waals surface area (Å²) in [5.74, 6) is -1.55. The summed E-state index contributed by atoms with van der Waals surface area (Å²) >= 11 is 12.2. The molecule has 29 heavy (non-hydrogen) atoms. The monoisotopic (exact) mass is 432 g/mol. The Morgan fingerprint density at radius 3 is 2.31 bits per heavy atom. The molecule has 0 unspecified atom stereocenters. The molecule has 7 heteroatoms. The van der Waals surface area contributed by atoms with E-state index in [4.69, 9.17) is 23.2 Å². The van der Waals surface area contributed by atoms with Gasteiger partial charge < -0.3 is 14.9 Å². The van der Waals surface area contributed by atoms with Gasteiger partial charge in [-0.25, -0.2) is 0 Å². The van der Waals surface area contributed by atoms with Crippen molar-refractivity contribution in [3.63, 3.8) is 0 Å². The Bertz CT molecular complexity index is 984. The van der Waals surface area contributed by atoms with E-state index in [0.29, 0.717) is 34.3 Å². The summed E-state index contributed by atoms with van der Waals surface area (Å²) < 4.78 is 0. The van der Waals surface area contributed by atoms with Crippen LogP contribution in [0.2, 0.25) is 10.0 Å². The summed E-state index contributed by atoms with van der Waals surface area (Å²) in [5.41, 5.74) is 2.17. The third kappa shape index (κ3) is 4.32. The minimum atomic E-state index is -0.744. The van der Waals surface area contributed by atoms with Gasteiger partial charge in [0.2, 0.25) is 0 Å². The molecule has 0 aromatic heterocycles. The van der Waals surface area contributed by atoms with Crippen LogP contribution >= 0.6 is 23.2 Å². The summed E-state index contributed by atoms with van der Waals surface area (Å²) in [5, 5.41) is 11.7. The zero-order valence-electron chi connectivity index (χ0n) is 16.4. The molecule has 0 saturated carbocycles. The molecule has 0 aliphatic carbocycles. The van der Waals surface area contributed by atoms with Crippen molar-refractivity contribution in [1.82, 2.24) is 9.80 Å². The van der Waals surface area contributed by atoms with Crippen LogP contribution in [0.5, 0.6) is 0 Å². The smallest absolute Gasteiger partial charge is 0.295 e. The highest BCUT2D eigenvalue weighted by molar-refractivity contribution is 6.46. The van der Waals surface area contributed by atoms with Gasteiger partial charge in [-0.1, -0.05) is 59.1 Å². The Kier molecular flexibility index (Phi) is 6.32. The number of carbonyl (C=O) groups is 2. The van der Waals surface area contributed by atoms with Gasteiger partial charge in [0.05, 0.1) is 21.7 Å². The van der Waals surface area contributed by atoms with Crippen LogP contribution in [0.15, 0.2) is 48.0 Å². The first-order valence-electron chi connectivity index (χ1n) is 9.16. The lowest BCUT2D eigenvalue weighted by Crippen LogP contribution is -2.35. The van der Waals surface area contributed by atoms with E-state index in [1.165, 1.54) is 4.90 Å². The Morgan fingerprint density at radius 2 is 1.72 bits per heavy atom. The van der Waals surface area contributed by atoms with Crippen LogP contribution in [0.25, 0.3) is 5.76 Å². The molecule has 5 nitrogen and oxygen atoms in total. The van der Waals surface area contributed by atoms with Crippen molar-refractivity contribution in [3.8, 4) is 0 Å². The predicted octanol–water partition coefficient (Wildman–Crippen LogP) is 4.29. The van der Waals surface area contributed by atoms with E-state index in [0.717, 1.165) is 5.56 Å². The second kappa shape index (κ2) is 8.57. The minimum absolute atomic E-state index is 0.0519. The molecule has 0 bridgehead atoms. The highest BCUT2D eigenvalue weighted by Gasteiger charge is 2.46. The number of hydrogen-bond donors (Lipinski definition) is 1. The first-order chi connectivity index (χ1) is 13.7. The van der Waals surface area contributed by atoms with Crippen LogP contribution in [0.3, 0.4) is 0 Å². The molecule has 152 valence electrons. The zero-order chi connectivity index (χ0) is 21.3. The van der Waals surface area contributed by atoms with E-state index in [9.17, 15) is 14.7 Å². The standard InChI is InChI=1S/C22H22Cl2N2O3/c1-13-4-6-14(7-5-13)20(27)18-19(15-8-9-16(23)17(24)12-15)26(11-10-25(2)3)22(29)21(18)28/h4-9,12,19,27H,10-11H2,1-3H3/b20-18+/t19-/m0/s1. The predicted molar refractivity (Wildman–Crippen MR) is 115 cm³/mol. The molecule has 1 heterocycles. The van der Waals surface area contributed by atoms with Crippen LogP contribution in [-0.4, -0.2) is 53.8 Å². The first kappa shape index (κ1) is 21.4. The molecule has 1 saturated heterocycles. The van der Waals surface area contributed by atoms with Gasteiger partial charge in [0.25, 0.3) is 11.7 Å². The number of carbonyl (C=O) groups excluding carboxylic acids is 2. The number of amides is 1. The van der Waals surface area contributed by atoms with Gasteiger partial charge in [0.15, 0.2) is 0 Å². The number of likely N-dealkylation sites (tertiary alicyclic amines) is 1. The summed E-state index contributed by atoms with van der Waals surface area (Å²) in [4.78, 5) is 29.1. The molecule has 1 atom stereocenters. The van der Waals surface area contributed by atoms with Crippen molar-refractivity contribution in [2.45, 2.75) is 13.0 Å². The van der Waals surface area contributed by atoms with Crippen LogP contribution in [0, 0.1) is 6.92 Å². The van der Waals surface area contributed by atoms with Crippen LogP contribution in [0.1, 0.15) is 22.7 Å². The van der Waals surface area contributed by atoms with Gasteiger partial charge >= 0.3 is 0 Å². The van der Waals surface area contributed by atoms with Gasteiger partial charge in [-0.3, -0.25) is 9.59 Å². The van der Waals surface area contributed by atoms with Crippen LogP contribution in [0.4, 0.5) is 0 Å². The number of rotatable bonds is 5. The molecule has 0 radical (unpaired) electrons. The first-order valence-corrected chi connectivity index (χ1v) is 9.91. The molecule has 3 rings (SSSR count). The van der Waals surface area contributed by atoms with E-state index in [1.54, 1.807) is 30.3 Å². The number of aliphatic hydroxyl groups excluding tert-OH is 1. The Labute approximate surface area is 180 Å². The van der Waals surface area contributed by atoms with Gasteiger partial charge in [0, 0.05) is 18.7 Å². The van der Waals surface area contributed by atoms with Gasteiger partial charge in [0.1, 0.15) is 5.76 Å². The summed E-state index contributed by atoms with van der Waals surface area (Å²) in [6.07, 6.45) is 0. The molecular formula is C22H22Cl2N2O3. The van der Waals surface area contributed by atoms with Gasteiger partial charge in [-0.15, -0.1) is 0 Å². The minimum Gasteiger partial charge on any atom is -0.507 e. The Morgan fingerprint density at radius 1 is 1.07 bits per heavy atom. The largest absolute Gasteiger partial charge is 0.507 e. The molecule has 0 spiro atoms. The maximum atomic E-state index is 12.9. The number of likely N-dealkylation sites (N-methyl/N-ethyl adjacent to an activating group) is 1. The lowest BCUT2D eigenvalue weighted by molar-refractivity contribution is -0.140. The zero-order valence-corrected chi connectivity index (χ0v) is 18.0. The summed E-state index contributed by atoms with van der Waals surface area (Å²) in [6, 6.07) is 11.4. The number of ketones is 1. The second-order valence-corrected chi connectivity index (χ2v) is 8.15. The normalized spacial score (nSPS) is 18.7. The Balaban J connectivity index is 2.16. The molecule has 2 aromatic rings. The van der Waals surface area contributed by atoms with E-state index < -0.39 is 17.7 Å². The molecule has 2 aromatic carbocycles. The fourth-order valence-electron chi connectivity index (χ4n) is 3.31. The number of aliphatic hydroxyl groups is 1. The van der Waals surface area contributed by atoms with Crippen molar-refractivity contribution in [2.75, 3.05) is 27.2 Å². The number of halogens is 2. The average Bonchev–Trinajstić information content (AvgIpc) is 2.93. The molecule has 1 amide bonds. The maximum absolute atomic E-state index is 12.9. The van der Waals surface area contributed by atoms with E-state index in [-0.39, 0.29) is 11.3 Å². The summed E-state index contributed by atoms with van der Waals surface area (Å²) in [7, 11) is 3.77. The number of nitrogens with zero attached hydrogens (tertiary/aromatic N) is 2. The van der Waals surface area contributed by atoms with Gasteiger partial charge in [-0.2, -0.15) is 0 Å². The fourth-order valence-corrected chi connectivity index (χ4v) is 3.62. The molecule has 1 N–H and O–H groups in total. The van der Waals surface area contributed by atoms with Crippen molar-refractivity contribution in [2.24, 2.45) is 0 Å². The SMILES string of the molecule is Cc1ccc(/C(O)=C2\C(=O)C(=O)N(CCN(C)C)[C@H]2c2ccc(Cl)c(Cl)c2)cc1. The summed E-state index contributed by atoms with van der Waals surface area (Å²) in [6.45, 7) is 2.82. The van der Waals surface area contributed by atoms with Crippen molar-refractivity contribution in [3.05, 3.63) is 74.8 Å². The average molecular weight is 433 g/mol. The lowest BCUT2D eigenvalue weighted by atomic mass is 9.95. The van der Waals surface area contributed by atoms with Crippen molar-refractivity contribution >= 4 is 40.7 Å². The highest BCUT2D eigenvalue weighted by Crippen LogP contribution is 2.40. The topological polar surface area (TPSA) is 60.9 Å². The molecule has 1 aliphatic rings. The van der Waals surface area contributed by atoms with E-state index >= 15 is 0 Å². The number of benzene rings is 2. The molecular weight excluding hydrogens is 411 g/mol. The van der Waals surface area contributed by atoms with Gasteiger partial charge in [-0.05, 0) is 38.7 Å².